The summed E-state index contributed by atoms with van der Waals surface area (Å²) in [7, 11) is 0. The van der Waals surface area contributed by atoms with Gasteiger partial charge in [-0.1, -0.05) is 31.4 Å². The van der Waals surface area contributed by atoms with E-state index in [9.17, 15) is 4.79 Å². The van der Waals surface area contributed by atoms with Gasteiger partial charge in [-0.25, -0.2) is 9.97 Å². The van der Waals surface area contributed by atoms with Gasteiger partial charge in [0.1, 0.15) is 17.7 Å². The van der Waals surface area contributed by atoms with Gasteiger partial charge in [-0.15, -0.1) is 0 Å². The summed E-state index contributed by atoms with van der Waals surface area (Å²) >= 11 is 0. The van der Waals surface area contributed by atoms with Crippen molar-refractivity contribution in [3.05, 3.63) is 36.2 Å². The van der Waals surface area contributed by atoms with Crippen molar-refractivity contribution >= 4 is 35.3 Å². The quantitative estimate of drug-likeness (QED) is 0.656. The van der Waals surface area contributed by atoms with Crippen LogP contribution in [0.1, 0.15) is 58.4 Å². The Morgan fingerprint density at radius 1 is 1.11 bits per heavy atom. The molecule has 0 aromatic carbocycles. The number of pyridine rings is 1. The fourth-order valence-electron chi connectivity index (χ4n) is 6.69. The van der Waals surface area contributed by atoms with Crippen molar-refractivity contribution in [2.45, 2.75) is 76.5 Å². The number of carbonyl (C=O) groups is 1. The molecule has 0 bridgehead atoms. The van der Waals surface area contributed by atoms with E-state index in [2.05, 4.69) is 62.1 Å². The molecule has 3 aliphatic heterocycles. The first-order valence-corrected chi connectivity index (χ1v) is 13.8. The molecular formula is C28H38N8O. The predicted molar refractivity (Wildman–Crippen MR) is 147 cm³/mol. The van der Waals surface area contributed by atoms with E-state index in [-0.39, 0.29) is 17.5 Å². The highest BCUT2D eigenvalue weighted by Crippen LogP contribution is 2.42. The molecule has 2 saturated heterocycles. The number of nitrogens with one attached hydrogen (secondary N) is 2. The Hall–Kier alpha value is -3.20. The number of aromatic nitrogens is 3. The summed E-state index contributed by atoms with van der Waals surface area (Å²) in [4.78, 5) is 34.2. The van der Waals surface area contributed by atoms with Crippen LogP contribution in [0.5, 0.6) is 0 Å². The molecule has 1 spiro atoms. The first-order valence-electron chi connectivity index (χ1n) is 13.8. The van der Waals surface area contributed by atoms with E-state index in [1.54, 1.807) is 0 Å². The second-order valence-electron chi connectivity index (χ2n) is 11.3. The minimum Gasteiger partial charge on any atom is -0.367 e. The zero-order chi connectivity index (χ0) is 25.6. The minimum absolute atomic E-state index is 0.0482. The highest BCUT2D eigenvalue weighted by molar-refractivity contribution is 5.93. The minimum atomic E-state index is -0.321. The van der Waals surface area contributed by atoms with Crippen LogP contribution in [0.4, 0.5) is 23.3 Å². The maximum atomic E-state index is 12.8. The number of hydrogen-bond acceptors (Lipinski definition) is 8. The summed E-state index contributed by atoms with van der Waals surface area (Å²) in [6.07, 6.45) is 13.5. The topological polar surface area (TPSA) is 89.5 Å². The Bertz CT molecular complexity index is 1170. The lowest BCUT2D eigenvalue weighted by Crippen LogP contribution is -2.69. The summed E-state index contributed by atoms with van der Waals surface area (Å²) in [6.45, 7) is 10.6. The van der Waals surface area contributed by atoms with Crippen LogP contribution in [0, 0.1) is 0 Å². The number of fused-ring (bicyclic) bond motifs is 4. The van der Waals surface area contributed by atoms with Gasteiger partial charge in [0.05, 0.1) is 17.4 Å². The maximum Gasteiger partial charge on any atom is 0.246 e. The van der Waals surface area contributed by atoms with Crippen LogP contribution in [0.25, 0.3) is 6.08 Å². The fourth-order valence-corrected chi connectivity index (χ4v) is 6.69. The second-order valence-corrected chi connectivity index (χ2v) is 11.3. The van der Waals surface area contributed by atoms with Crippen LogP contribution < -0.4 is 20.4 Å². The molecule has 2 atom stereocenters. The molecule has 2 N–H and O–H groups in total. The molecule has 1 amide bonds. The number of hydrogen-bond donors (Lipinski definition) is 2. The number of anilines is 4. The molecule has 1 unspecified atom stereocenters. The highest BCUT2D eigenvalue weighted by Gasteiger charge is 2.49. The standard InChI is InChI=1S/C28H38N8O/c1-19(2)35-14-13-34(17-20(35)3)22-8-10-24(29-16-22)32-27-30-15-21-7-9-23-26(37)31-18-28(11-5-4-6-12-28)36(23)25(21)33-27/h7-10,15-16,19-20,23H,4-6,11-14,17-18H2,1-3H3,(H,31,37)(H,29,30,32,33)/t20-,23?/m0/s1. The van der Waals surface area contributed by atoms with Crippen molar-refractivity contribution in [2.24, 2.45) is 0 Å². The third kappa shape index (κ3) is 4.43. The van der Waals surface area contributed by atoms with Gasteiger partial charge in [0.2, 0.25) is 11.9 Å². The molecule has 9 heteroatoms. The Kier molecular flexibility index (Phi) is 6.26. The van der Waals surface area contributed by atoms with E-state index in [0.29, 0.717) is 30.4 Å². The molecule has 4 aliphatic rings. The molecule has 3 fully saturated rings. The molecule has 37 heavy (non-hydrogen) atoms. The van der Waals surface area contributed by atoms with Crippen molar-refractivity contribution in [1.82, 2.24) is 25.2 Å². The predicted octanol–water partition coefficient (Wildman–Crippen LogP) is 3.57. The van der Waals surface area contributed by atoms with E-state index >= 15 is 0 Å². The van der Waals surface area contributed by atoms with Crippen molar-refractivity contribution in [3.8, 4) is 0 Å². The van der Waals surface area contributed by atoms with Crippen LogP contribution in [-0.2, 0) is 4.79 Å². The van der Waals surface area contributed by atoms with Crippen LogP contribution in [0.3, 0.4) is 0 Å². The van der Waals surface area contributed by atoms with Gasteiger partial charge >= 0.3 is 0 Å². The van der Waals surface area contributed by atoms with Crippen LogP contribution in [-0.4, -0.2) is 75.6 Å². The summed E-state index contributed by atoms with van der Waals surface area (Å²) in [5.74, 6) is 2.11. The van der Waals surface area contributed by atoms with E-state index < -0.39 is 0 Å². The maximum absolute atomic E-state index is 12.8. The van der Waals surface area contributed by atoms with Gasteiger partial charge in [-0.2, -0.15) is 4.98 Å². The highest BCUT2D eigenvalue weighted by atomic mass is 16.2. The Balaban J connectivity index is 1.21. The SMILES string of the molecule is CC(C)N1CCN(c2ccc(Nc3ncc4c(n3)N3C(C=C4)C(=O)NCC34CCCCC4)nc2)C[C@@H]1C. The smallest absolute Gasteiger partial charge is 0.246 e. The van der Waals surface area contributed by atoms with E-state index in [1.165, 1.54) is 19.3 Å². The molecule has 196 valence electrons. The number of amides is 1. The number of nitrogens with zero attached hydrogens (tertiary/aromatic N) is 6. The fraction of sp³-hybridized carbons (Fsp3) is 0.571. The molecule has 0 radical (unpaired) electrons. The molecular weight excluding hydrogens is 464 g/mol. The van der Waals surface area contributed by atoms with Crippen LogP contribution >= 0.6 is 0 Å². The van der Waals surface area contributed by atoms with E-state index in [0.717, 1.165) is 49.5 Å². The lowest BCUT2D eigenvalue weighted by atomic mass is 9.77. The van der Waals surface area contributed by atoms with Crippen molar-refractivity contribution in [1.29, 1.82) is 0 Å². The molecule has 5 heterocycles. The monoisotopic (exact) mass is 502 g/mol. The third-order valence-electron chi connectivity index (χ3n) is 8.61. The zero-order valence-electron chi connectivity index (χ0n) is 22.2. The average molecular weight is 503 g/mol. The number of carbonyl (C=O) groups excluding carboxylic acids is 1. The van der Waals surface area contributed by atoms with Crippen molar-refractivity contribution < 1.29 is 4.79 Å². The first-order chi connectivity index (χ1) is 17.9. The van der Waals surface area contributed by atoms with Gasteiger partial charge < -0.3 is 20.4 Å². The second kappa shape index (κ2) is 9.59. The van der Waals surface area contributed by atoms with Gasteiger partial charge in [0.15, 0.2) is 0 Å². The van der Waals surface area contributed by atoms with E-state index in [1.807, 2.05) is 30.6 Å². The Morgan fingerprint density at radius 3 is 2.68 bits per heavy atom. The normalized spacial score (nSPS) is 25.1. The number of rotatable bonds is 4. The molecule has 1 saturated carbocycles. The lowest BCUT2D eigenvalue weighted by molar-refractivity contribution is -0.123. The zero-order valence-corrected chi connectivity index (χ0v) is 22.2. The molecule has 1 aliphatic carbocycles. The lowest BCUT2D eigenvalue weighted by Gasteiger charge is -2.54. The Labute approximate surface area is 219 Å². The van der Waals surface area contributed by atoms with Gasteiger partial charge in [0, 0.05) is 50.0 Å². The summed E-state index contributed by atoms with van der Waals surface area (Å²) in [6, 6.07) is 4.88. The molecule has 9 nitrogen and oxygen atoms in total. The Morgan fingerprint density at radius 2 is 1.95 bits per heavy atom. The van der Waals surface area contributed by atoms with Crippen LogP contribution in [0.15, 0.2) is 30.6 Å². The summed E-state index contributed by atoms with van der Waals surface area (Å²) in [5, 5.41) is 6.46. The average Bonchev–Trinajstić information content (AvgIpc) is 2.91. The largest absolute Gasteiger partial charge is 0.367 e. The van der Waals surface area contributed by atoms with Crippen LogP contribution in [0.2, 0.25) is 0 Å². The third-order valence-corrected chi connectivity index (χ3v) is 8.61. The van der Waals surface area contributed by atoms with Gasteiger partial charge in [0.25, 0.3) is 0 Å². The van der Waals surface area contributed by atoms with Gasteiger partial charge in [-0.3, -0.25) is 9.69 Å². The van der Waals surface area contributed by atoms with E-state index in [4.69, 9.17) is 4.98 Å². The molecule has 6 rings (SSSR count). The molecule has 2 aromatic heterocycles. The number of piperazine rings is 2. The van der Waals surface area contributed by atoms with Crippen molar-refractivity contribution in [3.63, 3.8) is 0 Å². The van der Waals surface area contributed by atoms with Gasteiger partial charge in [-0.05, 0) is 45.7 Å². The van der Waals surface area contributed by atoms with Crippen molar-refractivity contribution in [2.75, 3.05) is 41.3 Å². The summed E-state index contributed by atoms with van der Waals surface area (Å²) < 4.78 is 0. The summed E-state index contributed by atoms with van der Waals surface area (Å²) in [5.41, 5.74) is 2.01. The molecule has 2 aromatic rings. The first kappa shape index (κ1) is 24.2.